The van der Waals surface area contributed by atoms with E-state index in [0.29, 0.717) is 28.4 Å². The lowest BCUT2D eigenvalue weighted by Gasteiger charge is -2.14. The Balaban J connectivity index is 2.28. The minimum atomic E-state index is -0.178. The third kappa shape index (κ3) is 2.68. The Kier molecular flexibility index (Phi) is 3.85. The molecule has 1 heterocycles. The second kappa shape index (κ2) is 5.96. The third-order valence-corrected chi connectivity index (χ3v) is 3.65. The van der Waals surface area contributed by atoms with Crippen LogP contribution in [0.2, 0.25) is 0 Å². The summed E-state index contributed by atoms with van der Waals surface area (Å²) >= 11 is 0. The number of rotatable bonds is 3. The average Bonchev–Trinajstić information content (AvgIpc) is 2.59. The van der Waals surface area contributed by atoms with Gasteiger partial charge in [-0.05, 0) is 36.8 Å². The molecule has 1 aromatic heterocycles. The van der Waals surface area contributed by atoms with E-state index in [1.54, 1.807) is 24.8 Å². The molecule has 5 nitrogen and oxygen atoms in total. The molecule has 2 aromatic carbocycles. The van der Waals surface area contributed by atoms with Gasteiger partial charge >= 0.3 is 0 Å². The van der Waals surface area contributed by atoms with Gasteiger partial charge in [0.05, 0.1) is 18.4 Å². The number of methoxy groups -OCH3 is 1. The van der Waals surface area contributed by atoms with Crippen LogP contribution in [0.15, 0.2) is 59.4 Å². The van der Waals surface area contributed by atoms with E-state index >= 15 is 0 Å². The highest BCUT2D eigenvalue weighted by atomic mass is 16.5. The van der Waals surface area contributed by atoms with E-state index in [1.165, 1.54) is 0 Å². The molecule has 0 aliphatic rings. The molecule has 0 aliphatic carbocycles. The number of nitrogen functional groups attached to an aromatic ring is 1. The summed E-state index contributed by atoms with van der Waals surface area (Å²) in [7, 11) is 1.59. The van der Waals surface area contributed by atoms with E-state index in [-0.39, 0.29) is 5.43 Å². The highest BCUT2D eigenvalue weighted by molar-refractivity contribution is 5.75. The fraction of sp³-hybridized carbons (Fsp3) is 0.111. The highest BCUT2D eigenvalue weighted by Crippen LogP contribution is 2.27. The van der Waals surface area contributed by atoms with Crippen LogP contribution in [0, 0.1) is 6.92 Å². The molecule has 3 aromatic rings. The van der Waals surface area contributed by atoms with Crippen molar-refractivity contribution >= 4 is 5.82 Å². The van der Waals surface area contributed by atoms with Crippen LogP contribution in [0.4, 0.5) is 5.82 Å². The quantitative estimate of drug-likeness (QED) is 0.807. The van der Waals surface area contributed by atoms with Crippen molar-refractivity contribution in [3.05, 3.63) is 70.5 Å². The molecule has 0 saturated heterocycles. The minimum Gasteiger partial charge on any atom is -0.497 e. The topological polar surface area (TPSA) is 70.1 Å². The molecule has 0 bridgehead atoms. The van der Waals surface area contributed by atoms with Crippen molar-refractivity contribution in [2.45, 2.75) is 6.92 Å². The van der Waals surface area contributed by atoms with Crippen LogP contribution in [0.25, 0.3) is 16.8 Å². The van der Waals surface area contributed by atoms with Gasteiger partial charge in [0.15, 0.2) is 0 Å². The number of hydrogen-bond donors (Lipinski definition) is 1. The lowest BCUT2D eigenvalue weighted by molar-refractivity contribution is 0.415. The third-order valence-electron chi connectivity index (χ3n) is 3.65. The van der Waals surface area contributed by atoms with Crippen LogP contribution in [-0.4, -0.2) is 16.9 Å². The zero-order valence-corrected chi connectivity index (χ0v) is 13.0. The van der Waals surface area contributed by atoms with Crippen molar-refractivity contribution in [1.29, 1.82) is 0 Å². The predicted octanol–water partition coefficient (Wildman–Crippen LogP) is 2.80. The average molecular weight is 307 g/mol. The summed E-state index contributed by atoms with van der Waals surface area (Å²) in [5.41, 5.74) is 8.42. The van der Waals surface area contributed by atoms with E-state index in [2.05, 4.69) is 5.10 Å². The normalized spacial score (nSPS) is 10.5. The summed E-state index contributed by atoms with van der Waals surface area (Å²) in [6.07, 6.45) is 0. The molecule has 0 saturated carbocycles. The molecule has 2 N–H and O–H groups in total. The molecule has 23 heavy (non-hydrogen) atoms. The van der Waals surface area contributed by atoms with E-state index in [4.69, 9.17) is 10.5 Å². The Hall–Kier alpha value is -3.08. The standard InChI is InChI=1S/C18H17N3O2/c1-12-17(22)16(13-7-6-10-15(11-13)23-2)18(19)21(20-12)14-8-4-3-5-9-14/h3-11H,19H2,1-2H3. The summed E-state index contributed by atoms with van der Waals surface area (Å²) < 4.78 is 6.82. The zero-order valence-electron chi connectivity index (χ0n) is 13.0. The summed E-state index contributed by atoms with van der Waals surface area (Å²) in [5, 5.41) is 4.32. The highest BCUT2D eigenvalue weighted by Gasteiger charge is 2.16. The molecular weight excluding hydrogens is 290 g/mol. The summed E-state index contributed by atoms with van der Waals surface area (Å²) in [5.74, 6) is 0.974. The molecule has 116 valence electrons. The maximum atomic E-state index is 12.6. The lowest BCUT2D eigenvalue weighted by atomic mass is 10.1. The molecule has 3 rings (SSSR count). The molecule has 0 fully saturated rings. The fourth-order valence-corrected chi connectivity index (χ4v) is 2.48. The molecule has 0 aliphatic heterocycles. The monoisotopic (exact) mass is 307 g/mol. The van der Waals surface area contributed by atoms with Crippen LogP contribution in [0.3, 0.4) is 0 Å². The smallest absolute Gasteiger partial charge is 0.213 e. The van der Waals surface area contributed by atoms with Gasteiger partial charge in [0.1, 0.15) is 17.3 Å². The number of para-hydroxylation sites is 1. The Morgan fingerprint density at radius 2 is 1.83 bits per heavy atom. The van der Waals surface area contributed by atoms with Crippen molar-refractivity contribution in [3.8, 4) is 22.6 Å². The summed E-state index contributed by atoms with van der Waals surface area (Å²) in [6, 6.07) is 16.8. The van der Waals surface area contributed by atoms with Gasteiger partial charge in [-0.25, -0.2) is 4.68 Å². The van der Waals surface area contributed by atoms with Crippen molar-refractivity contribution < 1.29 is 4.74 Å². The Morgan fingerprint density at radius 3 is 2.52 bits per heavy atom. The first-order valence-electron chi connectivity index (χ1n) is 7.21. The Morgan fingerprint density at radius 1 is 1.09 bits per heavy atom. The SMILES string of the molecule is COc1cccc(-c2c(N)n(-c3ccccc3)nc(C)c2=O)c1. The van der Waals surface area contributed by atoms with Gasteiger partial charge < -0.3 is 10.5 Å². The number of anilines is 1. The van der Waals surface area contributed by atoms with Crippen molar-refractivity contribution in [3.63, 3.8) is 0 Å². The van der Waals surface area contributed by atoms with E-state index in [0.717, 1.165) is 5.69 Å². The number of nitrogens with zero attached hydrogens (tertiary/aromatic N) is 2. The van der Waals surface area contributed by atoms with Gasteiger partial charge in [0.25, 0.3) is 0 Å². The van der Waals surface area contributed by atoms with Crippen molar-refractivity contribution in [1.82, 2.24) is 9.78 Å². The first kappa shape index (κ1) is 14.8. The molecule has 0 spiro atoms. The summed E-state index contributed by atoms with van der Waals surface area (Å²) in [6.45, 7) is 1.69. The van der Waals surface area contributed by atoms with Crippen LogP contribution in [0.1, 0.15) is 5.69 Å². The van der Waals surface area contributed by atoms with Crippen molar-refractivity contribution in [2.75, 3.05) is 12.8 Å². The Bertz CT molecular complexity index is 902. The fourth-order valence-electron chi connectivity index (χ4n) is 2.48. The maximum absolute atomic E-state index is 12.6. The largest absolute Gasteiger partial charge is 0.497 e. The molecular formula is C18H17N3O2. The minimum absolute atomic E-state index is 0.178. The van der Waals surface area contributed by atoms with Gasteiger partial charge in [-0.1, -0.05) is 30.3 Å². The molecule has 0 radical (unpaired) electrons. The molecule has 0 unspecified atom stereocenters. The first-order valence-corrected chi connectivity index (χ1v) is 7.21. The number of hydrogen-bond acceptors (Lipinski definition) is 4. The van der Waals surface area contributed by atoms with Crippen LogP contribution >= 0.6 is 0 Å². The van der Waals surface area contributed by atoms with E-state index in [1.807, 2.05) is 48.5 Å². The van der Waals surface area contributed by atoms with Crippen LogP contribution in [-0.2, 0) is 0 Å². The molecule has 5 heteroatoms. The van der Waals surface area contributed by atoms with E-state index < -0.39 is 0 Å². The van der Waals surface area contributed by atoms with Gasteiger partial charge in [-0.15, -0.1) is 0 Å². The number of aromatic nitrogens is 2. The van der Waals surface area contributed by atoms with Gasteiger partial charge in [0, 0.05) is 0 Å². The van der Waals surface area contributed by atoms with Crippen LogP contribution < -0.4 is 15.9 Å². The maximum Gasteiger partial charge on any atom is 0.213 e. The van der Waals surface area contributed by atoms with Gasteiger partial charge in [0.2, 0.25) is 5.43 Å². The molecule has 0 atom stereocenters. The first-order chi connectivity index (χ1) is 11.1. The van der Waals surface area contributed by atoms with Gasteiger partial charge in [-0.3, -0.25) is 4.79 Å². The van der Waals surface area contributed by atoms with Gasteiger partial charge in [-0.2, -0.15) is 5.10 Å². The lowest BCUT2D eigenvalue weighted by Crippen LogP contribution is -2.21. The number of aryl methyl sites for hydroxylation is 1. The molecule has 0 amide bonds. The van der Waals surface area contributed by atoms with Crippen molar-refractivity contribution in [2.24, 2.45) is 0 Å². The zero-order chi connectivity index (χ0) is 16.4. The number of nitrogens with two attached hydrogens (primary N) is 1. The summed E-state index contributed by atoms with van der Waals surface area (Å²) in [4.78, 5) is 12.6. The number of ether oxygens (including phenoxy) is 1. The van der Waals surface area contributed by atoms with E-state index in [9.17, 15) is 4.79 Å². The van der Waals surface area contributed by atoms with Crippen LogP contribution in [0.5, 0.6) is 5.75 Å². The second-order valence-electron chi connectivity index (χ2n) is 5.15. The predicted molar refractivity (Wildman–Crippen MR) is 91.0 cm³/mol. The Labute approximate surface area is 134 Å². The second-order valence-corrected chi connectivity index (χ2v) is 5.15. The number of benzene rings is 2.